The first kappa shape index (κ1) is 12.6. The number of hydrogen-bond acceptors (Lipinski definition) is 2. The van der Waals surface area contributed by atoms with E-state index in [1.165, 1.54) is 26.2 Å². The molecule has 4 heteroatoms. The molecule has 1 rings (SSSR count). The number of ether oxygens (including phenoxy) is 1. The quantitative estimate of drug-likeness (QED) is 0.792. The number of alkyl halides is 2. The van der Waals surface area contributed by atoms with Gasteiger partial charge in [0.25, 0.3) is 5.92 Å². The molecule has 88 valence electrons. The van der Waals surface area contributed by atoms with E-state index in [4.69, 9.17) is 4.74 Å². The summed E-state index contributed by atoms with van der Waals surface area (Å²) in [6.45, 7) is 2.24. The third-order valence-corrected chi connectivity index (χ3v) is 2.16. The van der Waals surface area contributed by atoms with Crippen LogP contribution in [0.25, 0.3) is 0 Å². The maximum Gasteiger partial charge on any atom is 0.270 e. The topological polar surface area (TPSA) is 26.3 Å². The van der Waals surface area contributed by atoms with Crippen LogP contribution in [0, 0.1) is 0 Å². The van der Waals surface area contributed by atoms with Crippen molar-refractivity contribution in [2.45, 2.75) is 26.2 Å². The first-order valence-electron chi connectivity index (χ1n) is 4.88. The number of Topliss-reactive ketones (excluding diaryl/α,β-unsaturated/α-hetero) is 1. The second-order valence-corrected chi connectivity index (χ2v) is 3.84. The number of benzene rings is 1. The smallest absolute Gasteiger partial charge is 0.270 e. The maximum absolute atomic E-state index is 13.1. The molecule has 0 fully saturated rings. The van der Waals surface area contributed by atoms with Crippen LogP contribution in [0.4, 0.5) is 8.78 Å². The molecule has 16 heavy (non-hydrogen) atoms. The van der Waals surface area contributed by atoms with Crippen molar-refractivity contribution in [1.29, 1.82) is 0 Å². The minimum atomic E-state index is -2.93. The Morgan fingerprint density at radius 3 is 2.44 bits per heavy atom. The van der Waals surface area contributed by atoms with Crippen molar-refractivity contribution in [3.8, 4) is 5.75 Å². The van der Waals surface area contributed by atoms with Gasteiger partial charge in [-0.25, -0.2) is 8.78 Å². The number of carbonyl (C=O) groups is 1. The summed E-state index contributed by atoms with van der Waals surface area (Å²) >= 11 is 0. The van der Waals surface area contributed by atoms with Gasteiger partial charge >= 0.3 is 0 Å². The van der Waals surface area contributed by atoms with E-state index in [1.54, 1.807) is 6.07 Å². The largest absolute Gasteiger partial charge is 0.497 e. The molecule has 0 atom stereocenters. The summed E-state index contributed by atoms with van der Waals surface area (Å²) in [6.07, 6.45) is 0.139. The number of methoxy groups -OCH3 is 1. The van der Waals surface area contributed by atoms with Crippen LogP contribution in [0.15, 0.2) is 18.2 Å². The molecule has 0 saturated carbocycles. The van der Waals surface area contributed by atoms with Gasteiger partial charge in [0.05, 0.1) is 7.11 Å². The van der Waals surface area contributed by atoms with Crippen LogP contribution in [0.5, 0.6) is 5.75 Å². The van der Waals surface area contributed by atoms with Crippen LogP contribution >= 0.6 is 0 Å². The lowest BCUT2D eigenvalue weighted by Crippen LogP contribution is -2.09. The van der Waals surface area contributed by atoms with Gasteiger partial charge in [0.2, 0.25) is 0 Å². The Bertz CT molecular complexity index is 394. The van der Waals surface area contributed by atoms with E-state index < -0.39 is 5.92 Å². The zero-order valence-corrected chi connectivity index (χ0v) is 9.51. The Labute approximate surface area is 93.2 Å². The number of rotatable bonds is 4. The lowest BCUT2D eigenvalue weighted by atomic mass is 10.0. The van der Waals surface area contributed by atoms with Crippen molar-refractivity contribution in [2.75, 3.05) is 7.11 Å². The number of ketones is 1. The molecule has 0 amide bonds. The van der Waals surface area contributed by atoms with Crippen LogP contribution in [-0.2, 0) is 17.1 Å². The lowest BCUT2D eigenvalue weighted by molar-refractivity contribution is -0.116. The molecule has 0 unspecified atom stereocenters. The fraction of sp³-hybridized carbons (Fsp3) is 0.417. The zero-order valence-electron chi connectivity index (χ0n) is 9.51. The minimum absolute atomic E-state index is 0.0707. The normalized spacial score (nSPS) is 11.3. The highest BCUT2D eigenvalue weighted by atomic mass is 19.3. The number of halogens is 2. The molecule has 0 bridgehead atoms. The van der Waals surface area contributed by atoms with Gasteiger partial charge in [-0.15, -0.1) is 0 Å². The predicted molar refractivity (Wildman–Crippen MR) is 56.9 cm³/mol. The van der Waals surface area contributed by atoms with Crippen LogP contribution in [0.2, 0.25) is 0 Å². The van der Waals surface area contributed by atoms with Crippen molar-refractivity contribution in [3.63, 3.8) is 0 Å². The lowest BCUT2D eigenvalue weighted by Gasteiger charge is -2.13. The second-order valence-electron chi connectivity index (χ2n) is 3.84. The van der Waals surface area contributed by atoms with Crippen molar-refractivity contribution in [2.24, 2.45) is 0 Å². The second kappa shape index (κ2) is 4.60. The van der Waals surface area contributed by atoms with Crippen LogP contribution in [0.3, 0.4) is 0 Å². The highest BCUT2D eigenvalue weighted by molar-refractivity contribution is 5.78. The third kappa shape index (κ3) is 3.29. The molecule has 0 radical (unpaired) electrons. The van der Waals surface area contributed by atoms with E-state index >= 15 is 0 Å². The first-order chi connectivity index (χ1) is 7.32. The molecule has 0 aliphatic heterocycles. The van der Waals surface area contributed by atoms with E-state index in [0.717, 1.165) is 6.92 Å². The molecule has 0 saturated heterocycles. The highest BCUT2D eigenvalue weighted by Crippen LogP contribution is 2.30. The third-order valence-electron chi connectivity index (χ3n) is 2.16. The minimum Gasteiger partial charge on any atom is -0.497 e. The van der Waals surface area contributed by atoms with Gasteiger partial charge in [0, 0.05) is 18.9 Å². The van der Waals surface area contributed by atoms with Crippen molar-refractivity contribution in [1.82, 2.24) is 0 Å². The van der Waals surface area contributed by atoms with E-state index in [9.17, 15) is 13.6 Å². The van der Waals surface area contributed by atoms with Crippen LogP contribution in [-0.4, -0.2) is 12.9 Å². The molecule has 0 heterocycles. The predicted octanol–water partition coefficient (Wildman–Crippen LogP) is 2.94. The van der Waals surface area contributed by atoms with Gasteiger partial charge in [-0.3, -0.25) is 4.79 Å². The zero-order chi connectivity index (χ0) is 12.3. The summed E-state index contributed by atoms with van der Waals surface area (Å²) in [5.74, 6) is -2.66. The Hall–Kier alpha value is -1.45. The molecule has 0 aliphatic carbocycles. The van der Waals surface area contributed by atoms with Crippen LogP contribution in [0.1, 0.15) is 25.0 Å². The number of carbonyl (C=O) groups excluding carboxylic acids is 1. The molecular formula is C12H14F2O2. The fourth-order valence-corrected chi connectivity index (χ4v) is 1.42. The van der Waals surface area contributed by atoms with Gasteiger partial charge in [-0.2, -0.15) is 0 Å². The number of hydrogen-bond donors (Lipinski definition) is 0. The van der Waals surface area contributed by atoms with Crippen molar-refractivity contribution >= 4 is 5.78 Å². The Morgan fingerprint density at radius 2 is 2.00 bits per heavy atom. The average molecular weight is 228 g/mol. The van der Waals surface area contributed by atoms with E-state index in [0.29, 0.717) is 11.3 Å². The van der Waals surface area contributed by atoms with Gasteiger partial charge in [-0.05, 0) is 30.7 Å². The van der Waals surface area contributed by atoms with E-state index in [-0.39, 0.29) is 17.8 Å². The maximum atomic E-state index is 13.1. The molecule has 0 N–H and O–H groups in total. The van der Waals surface area contributed by atoms with E-state index in [2.05, 4.69) is 0 Å². The van der Waals surface area contributed by atoms with Gasteiger partial charge in [-0.1, -0.05) is 0 Å². The first-order valence-corrected chi connectivity index (χ1v) is 4.88. The fourth-order valence-electron chi connectivity index (χ4n) is 1.42. The van der Waals surface area contributed by atoms with Gasteiger partial charge in [0.15, 0.2) is 0 Å². The Balaban J connectivity index is 3.16. The van der Waals surface area contributed by atoms with Crippen molar-refractivity contribution < 1.29 is 18.3 Å². The molecule has 2 nitrogen and oxygen atoms in total. The summed E-state index contributed by atoms with van der Waals surface area (Å²) in [7, 11) is 1.41. The summed E-state index contributed by atoms with van der Waals surface area (Å²) in [5.41, 5.74) is 0.409. The molecular weight excluding hydrogens is 214 g/mol. The average Bonchev–Trinajstić information content (AvgIpc) is 2.14. The SMILES string of the molecule is COc1cc(CC(C)=O)cc(C(C)(F)F)c1. The van der Waals surface area contributed by atoms with E-state index in [1.807, 2.05) is 0 Å². The molecule has 1 aromatic carbocycles. The van der Waals surface area contributed by atoms with Gasteiger partial charge in [0.1, 0.15) is 11.5 Å². The highest BCUT2D eigenvalue weighted by Gasteiger charge is 2.25. The van der Waals surface area contributed by atoms with Crippen LogP contribution < -0.4 is 4.74 Å². The van der Waals surface area contributed by atoms with Crippen molar-refractivity contribution in [3.05, 3.63) is 29.3 Å². The monoisotopic (exact) mass is 228 g/mol. The summed E-state index contributed by atoms with van der Waals surface area (Å²) in [5, 5.41) is 0. The summed E-state index contributed by atoms with van der Waals surface area (Å²) < 4.78 is 31.2. The Kier molecular flexibility index (Phi) is 3.62. The summed E-state index contributed by atoms with van der Waals surface area (Å²) in [4.78, 5) is 10.9. The molecule has 0 spiro atoms. The Morgan fingerprint density at radius 1 is 1.38 bits per heavy atom. The standard InChI is InChI=1S/C12H14F2O2/c1-8(15)4-9-5-10(12(2,13)14)7-11(6-9)16-3/h5-7H,4H2,1-3H3. The summed E-state index contributed by atoms with van der Waals surface area (Å²) in [6, 6.07) is 4.21. The molecule has 0 aliphatic rings. The van der Waals surface area contributed by atoms with Gasteiger partial charge < -0.3 is 4.74 Å². The molecule has 0 aromatic heterocycles. The molecule has 1 aromatic rings.